The van der Waals surface area contributed by atoms with Gasteiger partial charge in [-0.05, 0) is 29.9 Å². The van der Waals surface area contributed by atoms with E-state index in [1.54, 1.807) is 0 Å². The molecule has 1 aliphatic heterocycles. The van der Waals surface area contributed by atoms with Crippen LogP contribution in [0.2, 0.25) is 0 Å². The molecular weight excluding hydrogens is 168 g/mol. The Morgan fingerprint density at radius 2 is 2.00 bits per heavy atom. The molecule has 0 saturated carbocycles. The van der Waals surface area contributed by atoms with Crippen molar-refractivity contribution in [3.05, 3.63) is 0 Å². The Morgan fingerprint density at radius 1 is 1.33 bits per heavy atom. The fourth-order valence-electron chi connectivity index (χ4n) is 1.48. The van der Waals surface area contributed by atoms with E-state index in [-0.39, 0.29) is 6.10 Å². The molecule has 2 atom stereocenters. The molecule has 1 N–H and O–H groups in total. The van der Waals surface area contributed by atoms with Gasteiger partial charge >= 0.3 is 0 Å². The van der Waals surface area contributed by atoms with E-state index in [0.29, 0.717) is 11.3 Å². The average molecular weight is 188 g/mol. The topological polar surface area (TPSA) is 20.2 Å². The standard InChI is InChI=1S/C10H20OS/c1-10(2,3)5-4-8-6-12-7-9(8)11/h8-9,11H,4-7H2,1-3H3. The second-order valence-corrected chi connectivity index (χ2v) is 6.04. The van der Waals surface area contributed by atoms with Gasteiger partial charge in [0.05, 0.1) is 6.10 Å². The molecule has 0 aromatic heterocycles. The molecule has 1 rings (SSSR count). The normalized spacial score (nSPS) is 31.0. The molecule has 1 fully saturated rings. The van der Waals surface area contributed by atoms with Crippen LogP contribution in [0.3, 0.4) is 0 Å². The highest BCUT2D eigenvalue weighted by molar-refractivity contribution is 7.99. The summed E-state index contributed by atoms with van der Waals surface area (Å²) in [4.78, 5) is 0. The summed E-state index contributed by atoms with van der Waals surface area (Å²) in [6.07, 6.45) is 2.39. The molecule has 0 radical (unpaired) electrons. The predicted molar refractivity (Wildman–Crippen MR) is 55.5 cm³/mol. The molecular formula is C10H20OS. The van der Waals surface area contributed by atoms with Crippen molar-refractivity contribution in [1.29, 1.82) is 0 Å². The molecule has 1 saturated heterocycles. The molecule has 2 unspecified atom stereocenters. The highest BCUT2D eigenvalue weighted by Crippen LogP contribution is 2.31. The molecule has 1 aliphatic rings. The summed E-state index contributed by atoms with van der Waals surface area (Å²) in [5, 5.41) is 9.56. The van der Waals surface area contributed by atoms with Crippen molar-refractivity contribution in [1.82, 2.24) is 0 Å². The van der Waals surface area contributed by atoms with Crippen molar-refractivity contribution in [3.63, 3.8) is 0 Å². The minimum Gasteiger partial charge on any atom is -0.392 e. The summed E-state index contributed by atoms with van der Waals surface area (Å²) >= 11 is 1.89. The Kier molecular flexibility index (Phi) is 3.47. The van der Waals surface area contributed by atoms with Crippen molar-refractivity contribution in [2.24, 2.45) is 11.3 Å². The van der Waals surface area contributed by atoms with Gasteiger partial charge in [-0.25, -0.2) is 0 Å². The number of aliphatic hydroxyl groups is 1. The van der Waals surface area contributed by atoms with Crippen LogP contribution in [0.5, 0.6) is 0 Å². The van der Waals surface area contributed by atoms with E-state index < -0.39 is 0 Å². The number of hydrogen-bond donors (Lipinski definition) is 1. The van der Waals surface area contributed by atoms with Gasteiger partial charge in [0.15, 0.2) is 0 Å². The first-order valence-corrected chi connectivity index (χ1v) is 5.90. The molecule has 0 aliphatic carbocycles. The molecule has 0 aromatic rings. The van der Waals surface area contributed by atoms with Gasteiger partial charge in [0.2, 0.25) is 0 Å². The first-order valence-electron chi connectivity index (χ1n) is 4.75. The Labute approximate surface area is 79.9 Å². The van der Waals surface area contributed by atoms with Gasteiger partial charge in [-0.2, -0.15) is 11.8 Å². The van der Waals surface area contributed by atoms with Crippen LogP contribution in [0.1, 0.15) is 33.6 Å². The van der Waals surface area contributed by atoms with Crippen molar-refractivity contribution in [3.8, 4) is 0 Å². The lowest BCUT2D eigenvalue weighted by Gasteiger charge is -2.21. The molecule has 1 nitrogen and oxygen atoms in total. The minimum atomic E-state index is -0.0302. The molecule has 2 heteroatoms. The van der Waals surface area contributed by atoms with Crippen molar-refractivity contribution < 1.29 is 5.11 Å². The lowest BCUT2D eigenvalue weighted by Crippen LogP contribution is -2.19. The fraction of sp³-hybridized carbons (Fsp3) is 1.00. The van der Waals surface area contributed by atoms with Crippen LogP contribution in [-0.2, 0) is 0 Å². The minimum absolute atomic E-state index is 0.0302. The second-order valence-electron chi connectivity index (χ2n) is 4.96. The van der Waals surface area contributed by atoms with Gasteiger partial charge in [0, 0.05) is 5.75 Å². The number of aliphatic hydroxyl groups excluding tert-OH is 1. The number of hydrogen-bond acceptors (Lipinski definition) is 2. The highest BCUT2D eigenvalue weighted by atomic mass is 32.2. The van der Waals surface area contributed by atoms with E-state index in [2.05, 4.69) is 20.8 Å². The predicted octanol–water partition coefficient (Wildman–Crippen LogP) is 2.54. The number of thioether (sulfide) groups is 1. The summed E-state index contributed by atoms with van der Waals surface area (Å²) in [7, 11) is 0. The molecule has 0 amide bonds. The van der Waals surface area contributed by atoms with E-state index in [0.717, 1.165) is 11.5 Å². The van der Waals surface area contributed by atoms with Gasteiger partial charge in [-0.3, -0.25) is 0 Å². The molecule has 1 heterocycles. The maximum atomic E-state index is 9.56. The quantitative estimate of drug-likeness (QED) is 0.718. The zero-order valence-corrected chi connectivity index (χ0v) is 9.16. The Morgan fingerprint density at radius 3 is 2.42 bits per heavy atom. The summed E-state index contributed by atoms with van der Waals surface area (Å²) in [6.45, 7) is 6.80. The molecule has 0 bridgehead atoms. The molecule has 12 heavy (non-hydrogen) atoms. The van der Waals surface area contributed by atoms with Crippen molar-refractivity contribution >= 4 is 11.8 Å². The van der Waals surface area contributed by atoms with Gasteiger partial charge in [0.25, 0.3) is 0 Å². The Hall–Kier alpha value is 0.310. The van der Waals surface area contributed by atoms with Crippen molar-refractivity contribution in [2.45, 2.75) is 39.7 Å². The highest BCUT2D eigenvalue weighted by Gasteiger charge is 2.26. The van der Waals surface area contributed by atoms with E-state index in [1.807, 2.05) is 11.8 Å². The number of rotatable bonds is 2. The van der Waals surface area contributed by atoms with Crippen LogP contribution in [0.4, 0.5) is 0 Å². The first kappa shape index (κ1) is 10.4. The fourth-order valence-corrected chi connectivity index (χ4v) is 2.82. The summed E-state index contributed by atoms with van der Waals surface area (Å²) in [5.41, 5.74) is 0.424. The smallest absolute Gasteiger partial charge is 0.0666 e. The van der Waals surface area contributed by atoms with E-state index in [1.165, 1.54) is 12.8 Å². The van der Waals surface area contributed by atoms with Gasteiger partial charge < -0.3 is 5.11 Å². The molecule has 0 aromatic carbocycles. The third-order valence-electron chi connectivity index (χ3n) is 2.43. The zero-order valence-electron chi connectivity index (χ0n) is 8.34. The van der Waals surface area contributed by atoms with Crippen LogP contribution < -0.4 is 0 Å². The van der Waals surface area contributed by atoms with E-state index >= 15 is 0 Å². The van der Waals surface area contributed by atoms with Gasteiger partial charge in [-0.15, -0.1) is 0 Å². The summed E-state index contributed by atoms with van der Waals surface area (Å²) in [5.74, 6) is 2.68. The van der Waals surface area contributed by atoms with E-state index in [4.69, 9.17) is 0 Å². The first-order chi connectivity index (χ1) is 5.49. The van der Waals surface area contributed by atoms with Crippen LogP contribution in [0.15, 0.2) is 0 Å². The van der Waals surface area contributed by atoms with E-state index in [9.17, 15) is 5.11 Å². The van der Waals surface area contributed by atoms with Gasteiger partial charge in [0.1, 0.15) is 0 Å². The third kappa shape index (κ3) is 3.36. The van der Waals surface area contributed by atoms with Crippen LogP contribution in [0.25, 0.3) is 0 Å². The third-order valence-corrected chi connectivity index (χ3v) is 3.67. The van der Waals surface area contributed by atoms with Crippen LogP contribution in [0, 0.1) is 11.3 Å². The monoisotopic (exact) mass is 188 g/mol. The molecule has 0 spiro atoms. The van der Waals surface area contributed by atoms with Gasteiger partial charge in [-0.1, -0.05) is 20.8 Å². The summed E-state index contributed by atoms with van der Waals surface area (Å²) in [6, 6.07) is 0. The Bertz CT molecular complexity index is 139. The summed E-state index contributed by atoms with van der Waals surface area (Å²) < 4.78 is 0. The maximum absolute atomic E-state index is 9.56. The lowest BCUT2D eigenvalue weighted by atomic mass is 9.86. The van der Waals surface area contributed by atoms with Crippen molar-refractivity contribution in [2.75, 3.05) is 11.5 Å². The van der Waals surface area contributed by atoms with Crippen LogP contribution >= 0.6 is 11.8 Å². The van der Waals surface area contributed by atoms with Crippen LogP contribution in [-0.4, -0.2) is 22.7 Å². The lowest BCUT2D eigenvalue weighted by molar-refractivity contribution is 0.136. The molecule has 72 valence electrons. The average Bonchev–Trinajstić information content (AvgIpc) is 2.29. The maximum Gasteiger partial charge on any atom is 0.0666 e. The largest absolute Gasteiger partial charge is 0.392 e. The SMILES string of the molecule is CC(C)(C)CCC1CSCC1O. The second kappa shape index (κ2) is 4.01. The Balaban J connectivity index is 2.23. The zero-order chi connectivity index (χ0) is 9.19.